The first-order valence-electron chi connectivity index (χ1n) is 10.2. The average molecular weight is 449 g/mol. The normalized spacial score (nSPS) is 24.9. The van der Waals surface area contributed by atoms with Crippen LogP contribution in [0.15, 0.2) is 48.7 Å². The number of ether oxygens (including phenoxy) is 2. The molecule has 4 atom stereocenters. The van der Waals surface area contributed by atoms with Gasteiger partial charge in [0.05, 0.1) is 37.0 Å². The summed E-state index contributed by atoms with van der Waals surface area (Å²) in [5.74, 6) is -3.57. The van der Waals surface area contributed by atoms with Crippen molar-refractivity contribution in [2.24, 2.45) is 11.8 Å². The van der Waals surface area contributed by atoms with Gasteiger partial charge >= 0.3 is 5.97 Å². The Labute approximate surface area is 188 Å². The van der Waals surface area contributed by atoms with Crippen LogP contribution < -0.4 is 9.64 Å². The molecule has 5 rings (SSSR count). The molecule has 0 radical (unpaired) electrons. The van der Waals surface area contributed by atoms with E-state index in [4.69, 9.17) is 9.47 Å². The highest BCUT2D eigenvalue weighted by molar-refractivity contribution is 6.24. The molecule has 0 bridgehead atoms. The minimum Gasteiger partial charge on any atom is -0.495 e. The van der Waals surface area contributed by atoms with E-state index in [-0.39, 0.29) is 17.1 Å². The lowest BCUT2D eigenvalue weighted by Crippen LogP contribution is -2.44. The lowest BCUT2D eigenvalue weighted by atomic mass is 9.84. The predicted octanol–water partition coefficient (Wildman–Crippen LogP) is 2.29. The van der Waals surface area contributed by atoms with E-state index in [0.717, 1.165) is 22.1 Å². The van der Waals surface area contributed by atoms with Crippen molar-refractivity contribution in [1.82, 2.24) is 4.90 Å². The van der Waals surface area contributed by atoms with E-state index < -0.39 is 46.6 Å². The lowest BCUT2D eigenvalue weighted by Gasteiger charge is -2.34. The molecule has 10 heteroatoms. The molecule has 0 unspecified atom stereocenters. The monoisotopic (exact) mass is 449 g/mol. The molecule has 0 aliphatic carbocycles. The first-order chi connectivity index (χ1) is 15.9. The second kappa shape index (κ2) is 7.44. The molecule has 10 nitrogen and oxygen atoms in total. The summed E-state index contributed by atoms with van der Waals surface area (Å²) in [7, 11) is 2.58. The van der Waals surface area contributed by atoms with E-state index in [0.29, 0.717) is 0 Å². The molecular weight excluding hydrogens is 430 g/mol. The number of nitro benzene ring substituents is 1. The maximum Gasteiger partial charge on any atom is 0.329 e. The number of non-ortho nitro benzene ring substituents is 1. The van der Waals surface area contributed by atoms with Crippen LogP contribution in [0.1, 0.15) is 17.2 Å². The SMILES string of the molecule is COC(=O)[C@H]1[C@H]2C(=O)N(c3cc([N+](=O)[O-])ccc3OC)C(=O)[C@H]2[C@@H]2c3ccccc3C=CN12. The number of hydrogen-bond acceptors (Lipinski definition) is 8. The Balaban J connectivity index is 1.67. The number of amides is 2. The smallest absolute Gasteiger partial charge is 0.329 e. The number of esters is 1. The number of carbonyl (C=O) groups excluding carboxylic acids is 3. The number of imide groups is 1. The van der Waals surface area contributed by atoms with Gasteiger partial charge in [0, 0.05) is 18.3 Å². The summed E-state index contributed by atoms with van der Waals surface area (Å²) in [5, 5.41) is 11.3. The van der Waals surface area contributed by atoms with Crippen LogP contribution in [0.3, 0.4) is 0 Å². The van der Waals surface area contributed by atoms with Gasteiger partial charge in [-0.1, -0.05) is 24.3 Å². The van der Waals surface area contributed by atoms with Crippen LogP contribution in [0.25, 0.3) is 6.08 Å². The van der Waals surface area contributed by atoms with Crippen LogP contribution >= 0.6 is 0 Å². The van der Waals surface area contributed by atoms with E-state index in [1.165, 1.54) is 26.4 Å². The quantitative estimate of drug-likeness (QED) is 0.302. The number of methoxy groups -OCH3 is 2. The molecule has 3 aliphatic heterocycles. The number of carbonyl (C=O) groups is 3. The van der Waals surface area contributed by atoms with E-state index in [1.54, 1.807) is 11.1 Å². The Hall–Kier alpha value is -4.21. The van der Waals surface area contributed by atoms with Gasteiger partial charge in [-0.2, -0.15) is 0 Å². The largest absolute Gasteiger partial charge is 0.495 e. The minimum atomic E-state index is -1.02. The number of benzene rings is 2. The Morgan fingerprint density at radius 1 is 1.06 bits per heavy atom. The zero-order valence-corrected chi connectivity index (χ0v) is 17.7. The van der Waals surface area contributed by atoms with Crippen LogP contribution in [0.4, 0.5) is 11.4 Å². The van der Waals surface area contributed by atoms with E-state index in [2.05, 4.69) is 0 Å². The van der Waals surface area contributed by atoms with Crippen LogP contribution in [0, 0.1) is 22.0 Å². The maximum atomic E-state index is 13.7. The Morgan fingerprint density at radius 2 is 1.79 bits per heavy atom. The molecule has 3 aliphatic rings. The topological polar surface area (TPSA) is 119 Å². The molecule has 3 heterocycles. The van der Waals surface area contributed by atoms with Gasteiger partial charge in [0.1, 0.15) is 17.5 Å². The third-order valence-corrected chi connectivity index (χ3v) is 6.52. The lowest BCUT2D eigenvalue weighted by molar-refractivity contribution is -0.384. The summed E-state index contributed by atoms with van der Waals surface area (Å²) in [5.41, 5.74) is 1.39. The Bertz CT molecular complexity index is 1240. The summed E-state index contributed by atoms with van der Waals surface area (Å²) in [6.07, 6.45) is 3.55. The molecule has 2 aromatic carbocycles. The highest BCUT2D eigenvalue weighted by atomic mass is 16.6. The summed E-state index contributed by atoms with van der Waals surface area (Å²) >= 11 is 0. The second-order valence-corrected chi connectivity index (χ2v) is 7.98. The molecule has 2 fully saturated rings. The fraction of sp³-hybridized carbons (Fsp3) is 0.261. The summed E-state index contributed by atoms with van der Waals surface area (Å²) < 4.78 is 10.3. The number of anilines is 1. The molecule has 168 valence electrons. The fourth-order valence-electron chi connectivity index (χ4n) is 5.15. The number of fused-ring (bicyclic) bond motifs is 5. The number of nitro groups is 1. The van der Waals surface area contributed by atoms with E-state index in [9.17, 15) is 24.5 Å². The van der Waals surface area contributed by atoms with E-state index in [1.807, 2.05) is 30.3 Å². The highest BCUT2D eigenvalue weighted by Crippen LogP contribution is 2.54. The van der Waals surface area contributed by atoms with Gasteiger partial charge in [-0.25, -0.2) is 9.69 Å². The molecule has 33 heavy (non-hydrogen) atoms. The van der Waals surface area contributed by atoms with Gasteiger partial charge in [-0.15, -0.1) is 0 Å². The molecule has 0 aromatic heterocycles. The van der Waals surface area contributed by atoms with Gasteiger partial charge in [-0.05, 0) is 23.3 Å². The van der Waals surface area contributed by atoms with Crippen molar-refractivity contribution in [3.05, 3.63) is 69.9 Å². The predicted molar refractivity (Wildman–Crippen MR) is 115 cm³/mol. The van der Waals surface area contributed by atoms with E-state index >= 15 is 0 Å². The summed E-state index contributed by atoms with van der Waals surface area (Å²) in [6, 6.07) is 9.58. The molecule has 2 saturated heterocycles. The third kappa shape index (κ3) is 2.83. The van der Waals surface area contributed by atoms with Crippen LogP contribution in [0.5, 0.6) is 5.75 Å². The van der Waals surface area contributed by atoms with Gasteiger partial charge < -0.3 is 14.4 Å². The minimum absolute atomic E-state index is 0.0223. The van der Waals surface area contributed by atoms with Crippen LogP contribution in [-0.2, 0) is 19.1 Å². The van der Waals surface area contributed by atoms with Crippen molar-refractivity contribution in [2.75, 3.05) is 19.1 Å². The van der Waals surface area contributed by atoms with Gasteiger partial charge in [-0.3, -0.25) is 19.7 Å². The summed E-state index contributed by atoms with van der Waals surface area (Å²) in [4.78, 5) is 53.5. The fourth-order valence-corrected chi connectivity index (χ4v) is 5.15. The van der Waals surface area contributed by atoms with Crippen LogP contribution in [-0.4, -0.2) is 47.9 Å². The molecule has 2 aromatic rings. The highest BCUT2D eigenvalue weighted by Gasteiger charge is 2.65. The second-order valence-electron chi connectivity index (χ2n) is 7.98. The molecular formula is C23H19N3O7. The van der Waals surface area contributed by atoms with Gasteiger partial charge in [0.2, 0.25) is 11.8 Å². The number of nitrogens with zero attached hydrogens (tertiary/aromatic N) is 3. The van der Waals surface area contributed by atoms with Crippen molar-refractivity contribution in [3.8, 4) is 5.75 Å². The van der Waals surface area contributed by atoms with Crippen molar-refractivity contribution >= 4 is 35.2 Å². The standard InChI is InChI=1S/C23H19N3O7/c1-32-16-8-7-13(26(30)31)11-15(16)25-21(27)17-18(22(25)28)20(23(29)33-2)24-10-9-12-5-3-4-6-14(12)19(17)24/h3-11,17-20H,1-2H3/t17-,18+,19+,20-/m1/s1. The Kier molecular flexibility index (Phi) is 4.66. The van der Waals surface area contributed by atoms with Crippen molar-refractivity contribution in [2.45, 2.75) is 12.1 Å². The van der Waals surface area contributed by atoms with Crippen molar-refractivity contribution < 1.29 is 28.8 Å². The number of rotatable bonds is 4. The first-order valence-corrected chi connectivity index (χ1v) is 10.2. The first kappa shape index (κ1) is 20.7. The average Bonchev–Trinajstić information content (AvgIpc) is 3.30. The van der Waals surface area contributed by atoms with Crippen molar-refractivity contribution in [3.63, 3.8) is 0 Å². The molecule has 0 saturated carbocycles. The van der Waals surface area contributed by atoms with Gasteiger partial charge in [0.15, 0.2) is 0 Å². The zero-order chi connectivity index (χ0) is 23.4. The third-order valence-electron chi connectivity index (χ3n) is 6.52. The van der Waals surface area contributed by atoms with Crippen LogP contribution in [0.2, 0.25) is 0 Å². The Morgan fingerprint density at radius 3 is 2.48 bits per heavy atom. The molecule has 2 amide bonds. The van der Waals surface area contributed by atoms with Gasteiger partial charge in [0.25, 0.3) is 5.69 Å². The molecule has 0 spiro atoms. The maximum absolute atomic E-state index is 13.7. The summed E-state index contributed by atoms with van der Waals surface area (Å²) in [6.45, 7) is 0. The number of hydrogen-bond donors (Lipinski definition) is 0. The van der Waals surface area contributed by atoms with Crippen molar-refractivity contribution in [1.29, 1.82) is 0 Å². The zero-order valence-electron chi connectivity index (χ0n) is 17.7. The molecule has 0 N–H and O–H groups in total.